The van der Waals surface area contributed by atoms with Crippen LogP contribution in [0.2, 0.25) is 0 Å². The van der Waals surface area contributed by atoms with E-state index in [1.54, 1.807) is 0 Å². The SMILES string of the molecule is CNCc1ccc(CO[C@H]2[C@@H](O[C@@H]3OC[C@@H](O)[C@H](O)[C@H]3O)[C@@](C)(CO)[C@H]3CC[C@]4(C)[C@H](CC=C5[C@@H]6C[C@@](C)(CO)CC[C@]6(C(=O)O)CC[C@]54C)[C@@]3(C)[C@H]2C[C@@H]2CNC(=O)C2)cc1. The predicted molar refractivity (Wildman–Crippen MR) is 230 cm³/mol. The quantitative estimate of drug-likeness (QED) is 0.109. The molecule has 0 radical (unpaired) electrons. The highest BCUT2D eigenvalue weighted by Gasteiger charge is 2.73. The Bertz CT molecular complexity index is 1860. The number of carboxylic acids is 1. The van der Waals surface area contributed by atoms with Gasteiger partial charge in [0.05, 0.1) is 37.4 Å². The fourth-order valence-corrected chi connectivity index (χ4v) is 15.1. The molecule has 5 aliphatic carbocycles. The van der Waals surface area contributed by atoms with Crippen molar-refractivity contribution in [3.05, 3.63) is 47.0 Å². The fraction of sp³-hybridized carbons (Fsp3) is 0.796. The standard InChI is InChI=1S/C49H74N2O11/c1-44(26-52)15-17-49(43(58)59)18-16-46(3)31(33(49)21-44)11-12-36-47(46,4)14-13-35-45(2,27-53)41(62-42-39(57)38(56)34(54)25-61-42)40(60-24-29-9-7-28(8-10-29)22-50-6)32(48(35,36)5)19-30-20-37(55)51-23-30/h7-11,30,32-36,38-42,50,52-54,56-57H,12-27H2,1-6H3,(H,51,55)(H,58,59)/t30-,32-,33-,34+,35+,36-,38-,39+,40+,41+,42-,44-,45-,46+,47+,48-,49-/m0/s1. The van der Waals surface area contributed by atoms with Crippen molar-refractivity contribution < 1.29 is 54.4 Å². The van der Waals surface area contributed by atoms with Gasteiger partial charge in [0.25, 0.3) is 0 Å². The summed E-state index contributed by atoms with van der Waals surface area (Å²) in [5.74, 6) is -1.10. The van der Waals surface area contributed by atoms with E-state index in [1.165, 1.54) is 5.57 Å². The van der Waals surface area contributed by atoms with Gasteiger partial charge in [-0.1, -0.05) is 70.5 Å². The second-order valence-corrected chi connectivity index (χ2v) is 22.2. The smallest absolute Gasteiger partial charge is 0.310 e. The first-order valence-corrected chi connectivity index (χ1v) is 23.4. The normalized spacial score (nSPS) is 47.6. The molecule has 6 fully saturated rings. The first kappa shape index (κ1) is 46.1. The molecule has 13 heteroatoms. The van der Waals surface area contributed by atoms with Gasteiger partial charge in [-0.15, -0.1) is 0 Å². The molecule has 0 spiro atoms. The van der Waals surface area contributed by atoms with Gasteiger partial charge in [0, 0.05) is 31.5 Å². The molecule has 8 N–H and O–H groups in total. The van der Waals surface area contributed by atoms with Crippen LogP contribution in [0.5, 0.6) is 0 Å². The Morgan fingerprint density at radius 3 is 2.29 bits per heavy atom. The van der Waals surface area contributed by atoms with E-state index in [2.05, 4.69) is 75.6 Å². The van der Waals surface area contributed by atoms with Crippen LogP contribution >= 0.6 is 0 Å². The fourth-order valence-electron chi connectivity index (χ4n) is 15.1. The molecule has 1 aromatic carbocycles. The third kappa shape index (κ3) is 7.14. The minimum absolute atomic E-state index is 0.0172. The second-order valence-electron chi connectivity index (χ2n) is 22.2. The number of allylic oxidation sites excluding steroid dienone is 2. The molecule has 0 aromatic heterocycles. The molecule has 4 saturated carbocycles. The highest BCUT2D eigenvalue weighted by molar-refractivity contribution is 5.78. The van der Waals surface area contributed by atoms with Crippen LogP contribution in [0.1, 0.15) is 110 Å². The number of aliphatic carboxylic acids is 1. The molecule has 1 aromatic rings. The molecule has 0 unspecified atom stereocenters. The summed E-state index contributed by atoms with van der Waals surface area (Å²) in [5.41, 5.74) is 0.101. The first-order chi connectivity index (χ1) is 29.3. The molecule has 2 heterocycles. The van der Waals surface area contributed by atoms with E-state index in [-0.39, 0.29) is 78.2 Å². The summed E-state index contributed by atoms with van der Waals surface area (Å²) in [4.78, 5) is 26.2. The maximum absolute atomic E-state index is 13.4. The van der Waals surface area contributed by atoms with Gasteiger partial charge in [-0.3, -0.25) is 9.59 Å². The average Bonchev–Trinajstić information content (AvgIpc) is 3.67. The predicted octanol–water partition coefficient (Wildman–Crippen LogP) is 4.31. The Balaban J connectivity index is 1.25. The van der Waals surface area contributed by atoms with Crippen molar-refractivity contribution in [1.82, 2.24) is 10.6 Å². The lowest BCUT2D eigenvalue weighted by atomic mass is 9.31. The number of rotatable bonds is 12. The highest BCUT2D eigenvalue weighted by Crippen LogP contribution is 2.77. The van der Waals surface area contributed by atoms with Crippen LogP contribution in [0.3, 0.4) is 0 Å². The maximum atomic E-state index is 13.4. The van der Waals surface area contributed by atoms with Gasteiger partial charge >= 0.3 is 5.97 Å². The van der Waals surface area contributed by atoms with Crippen LogP contribution in [0.25, 0.3) is 0 Å². The zero-order chi connectivity index (χ0) is 44.6. The number of hydrogen-bond donors (Lipinski definition) is 8. The maximum Gasteiger partial charge on any atom is 0.310 e. The lowest BCUT2D eigenvalue weighted by molar-refractivity contribution is -0.345. The first-order valence-electron chi connectivity index (χ1n) is 23.4. The van der Waals surface area contributed by atoms with Crippen molar-refractivity contribution in [2.45, 2.75) is 149 Å². The Morgan fingerprint density at radius 2 is 1.65 bits per heavy atom. The van der Waals surface area contributed by atoms with E-state index in [9.17, 15) is 40.2 Å². The van der Waals surface area contributed by atoms with Crippen LogP contribution in [0, 0.1) is 62.1 Å². The molecular formula is C49H74N2O11. The Kier molecular flexibility index (Phi) is 12.5. The molecule has 1 amide bonds. The minimum Gasteiger partial charge on any atom is -0.481 e. The highest BCUT2D eigenvalue weighted by atomic mass is 16.7. The number of benzene rings is 1. The van der Waals surface area contributed by atoms with Crippen molar-refractivity contribution >= 4 is 11.9 Å². The van der Waals surface area contributed by atoms with Crippen LogP contribution < -0.4 is 10.6 Å². The van der Waals surface area contributed by atoms with Crippen molar-refractivity contribution in [2.24, 2.45) is 62.1 Å². The number of carbonyl (C=O) groups excluding carboxylic acids is 1. The van der Waals surface area contributed by atoms with Crippen molar-refractivity contribution in [3.63, 3.8) is 0 Å². The van der Waals surface area contributed by atoms with Gasteiger partial charge in [0.1, 0.15) is 18.3 Å². The largest absolute Gasteiger partial charge is 0.481 e. The van der Waals surface area contributed by atoms with E-state index in [4.69, 9.17) is 14.2 Å². The van der Waals surface area contributed by atoms with Gasteiger partial charge in [-0.25, -0.2) is 0 Å². The van der Waals surface area contributed by atoms with Crippen molar-refractivity contribution in [2.75, 3.05) is 33.4 Å². The number of aliphatic hydroxyl groups excluding tert-OH is 5. The number of carboxylic acid groups (broad SMARTS) is 1. The molecule has 62 heavy (non-hydrogen) atoms. The second kappa shape index (κ2) is 16.8. The number of nitrogens with one attached hydrogen (secondary N) is 2. The zero-order valence-electron chi connectivity index (χ0n) is 37.8. The lowest BCUT2D eigenvalue weighted by Crippen LogP contribution is -2.72. The monoisotopic (exact) mass is 867 g/mol. The van der Waals surface area contributed by atoms with Crippen molar-refractivity contribution in [1.29, 1.82) is 0 Å². The van der Waals surface area contributed by atoms with Gasteiger partial charge in [0.2, 0.25) is 5.91 Å². The van der Waals surface area contributed by atoms with Crippen LogP contribution in [0.4, 0.5) is 0 Å². The van der Waals surface area contributed by atoms with E-state index in [0.29, 0.717) is 45.1 Å². The molecule has 8 rings (SSSR count). The summed E-state index contributed by atoms with van der Waals surface area (Å²) in [5, 5.41) is 72.2. The van der Waals surface area contributed by atoms with Gasteiger partial charge in [-0.2, -0.15) is 0 Å². The van der Waals surface area contributed by atoms with E-state index < -0.39 is 59.0 Å². The number of fused-ring (bicyclic) bond motifs is 7. The number of carbonyl (C=O) groups is 2. The van der Waals surface area contributed by atoms with E-state index >= 15 is 0 Å². The third-order valence-electron chi connectivity index (χ3n) is 19.0. The molecule has 2 aliphatic heterocycles. The Labute approximate surface area is 367 Å². The zero-order valence-corrected chi connectivity index (χ0v) is 37.8. The van der Waals surface area contributed by atoms with Crippen molar-refractivity contribution in [3.8, 4) is 0 Å². The Morgan fingerprint density at radius 1 is 0.935 bits per heavy atom. The molecule has 13 nitrogen and oxygen atoms in total. The van der Waals surface area contributed by atoms with Gasteiger partial charge in [-0.05, 0) is 127 Å². The van der Waals surface area contributed by atoms with Crippen LogP contribution in [0.15, 0.2) is 35.9 Å². The van der Waals surface area contributed by atoms with Crippen LogP contribution in [-0.4, -0.2) is 113 Å². The molecule has 346 valence electrons. The molecule has 7 aliphatic rings. The third-order valence-corrected chi connectivity index (χ3v) is 19.0. The van der Waals surface area contributed by atoms with E-state index in [0.717, 1.165) is 43.4 Å². The molecular weight excluding hydrogens is 793 g/mol. The van der Waals surface area contributed by atoms with Crippen LogP contribution in [-0.2, 0) is 37.0 Å². The number of hydrogen-bond acceptors (Lipinski definition) is 11. The molecule has 2 saturated heterocycles. The van der Waals surface area contributed by atoms with E-state index in [1.807, 2.05) is 7.05 Å². The average molecular weight is 867 g/mol. The summed E-state index contributed by atoms with van der Waals surface area (Å²) >= 11 is 0. The summed E-state index contributed by atoms with van der Waals surface area (Å²) in [6, 6.07) is 8.26. The number of ether oxygens (including phenoxy) is 3. The summed E-state index contributed by atoms with van der Waals surface area (Å²) in [6.45, 7) is 12.4. The summed E-state index contributed by atoms with van der Waals surface area (Å²) in [6.07, 6.45) is 1.86. The summed E-state index contributed by atoms with van der Waals surface area (Å²) in [7, 11) is 1.91. The Hall–Kier alpha value is -2.46. The van der Waals surface area contributed by atoms with Gasteiger partial charge < -0.3 is 55.5 Å². The summed E-state index contributed by atoms with van der Waals surface area (Å²) < 4.78 is 20.1. The lowest BCUT2D eigenvalue weighted by Gasteiger charge is -2.73. The number of amides is 1. The molecule has 0 bridgehead atoms. The molecule has 17 atom stereocenters. The van der Waals surface area contributed by atoms with Gasteiger partial charge in [0.15, 0.2) is 6.29 Å². The number of aliphatic hydroxyl groups is 5. The topological polar surface area (TPSA) is 207 Å². The minimum atomic E-state index is -1.54.